The number of imide groups is 1. The maximum absolute atomic E-state index is 13.1. The summed E-state index contributed by atoms with van der Waals surface area (Å²) in [6.45, 7) is 6.56. The van der Waals surface area contributed by atoms with Crippen molar-refractivity contribution in [3.63, 3.8) is 0 Å². The molecule has 1 spiro atoms. The molecule has 2 aliphatic heterocycles. The molecule has 2 heterocycles. The number of carbonyl (C=O) groups is 4. The highest BCUT2D eigenvalue weighted by Gasteiger charge is 2.56. The Morgan fingerprint density at radius 3 is 2.56 bits per heavy atom. The molecule has 1 aromatic rings. The Morgan fingerprint density at radius 1 is 1.12 bits per heavy atom. The number of hydrazine groups is 1. The van der Waals surface area contributed by atoms with Crippen molar-refractivity contribution in [3.05, 3.63) is 23.8 Å². The van der Waals surface area contributed by atoms with E-state index in [2.05, 4.69) is 36.9 Å². The lowest BCUT2D eigenvalue weighted by Gasteiger charge is -2.43. The van der Waals surface area contributed by atoms with Crippen LogP contribution in [0.5, 0.6) is 11.5 Å². The third-order valence-corrected chi connectivity index (χ3v) is 6.05. The van der Waals surface area contributed by atoms with Gasteiger partial charge in [-0.1, -0.05) is 20.8 Å². The van der Waals surface area contributed by atoms with Crippen molar-refractivity contribution in [1.82, 2.24) is 21.1 Å². The summed E-state index contributed by atoms with van der Waals surface area (Å²) in [4.78, 5) is 51.3. The Balaban J connectivity index is 1.35. The van der Waals surface area contributed by atoms with Gasteiger partial charge < -0.3 is 14.8 Å². The quantitative estimate of drug-likeness (QED) is 0.477. The van der Waals surface area contributed by atoms with Gasteiger partial charge >= 0.3 is 6.03 Å². The number of ether oxygens (including phenoxy) is 2. The molecule has 10 heteroatoms. The second kappa shape index (κ2) is 7.99. The van der Waals surface area contributed by atoms with E-state index < -0.39 is 35.8 Å². The summed E-state index contributed by atoms with van der Waals surface area (Å²) in [5.74, 6) is -0.377. The second-order valence-electron chi connectivity index (χ2n) is 9.62. The first-order chi connectivity index (χ1) is 15.1. The van der Waals surface area contributed by atoms with Crippen molar-refractivity contribution >= 4 is 23.8 Å². The number of hydrogen-bond donors (Lipinski definition) is 3. The van der Waals surface area contributed by atoms with Gasteiger partial charge in [-0.25, -0.2) is 4.79 Å². The first kappa shape index (κ1) is 21.9. The number of carbonyl (C=O) groups excluding carboxylic acids is 4. The zero-order valence-corrected chi connectivity index (χ0v) is 18.4. The molecule has 2 unspecified atom stereocenters. The monoisotopic (exact) mass is 444 g/mol. The summed E-state index contributed by atoms with van der Waals surface area (Å²) in [6, 6.07) is 4.09. The van der Waals surface area contributed by atoms with Gasteiger partial charge in [0.2, 0.25) is 0 Å². The Hall–Kier alpha value is -3.30. The van der Waals surface area contributed by atoms with Gasteiger partial charge in [0.1, 0.15) is 25.3 Å². The molecule has 0 radical (unpaired) electrons. The molecule has 32 heavy (non-hydrogen) atoms. The van der Waals surface area contributed by atoms with Crippen LogP contribution in [0.25, 0.3) is 0 Å². The lowest BCUT2D eigenvalue weighted by atomic mass is 9.64. The van der Waals surface area contributed by atoms with Crippen LogP contribution in [-0.2, 0) is 9.59 Å². The second-order valence-corrected chi connectivity index (χ2v) is 9.62. The summed E-state index contributed by atoms with van der Waals surface area (Å²) >= 11 is 0. The van der Waals surface area contributed by atoms with Crippen molar-refractivity contribution in [3.8, 4) is 11.5 Å². The Labute approximate surface area is 186 Å². The van der Waals surface area contributed by atoms with E-state index in [9.17, 15) is 19.2 Å². The number of hydrogen-bond acceptors (Lipinski definition) is 6. The molecule has 0 bridgehead atoms. The van der Waals surface area contributed by atoms with Crippen LogP contribution in [0.3, 0.4) is 0 Å². The van der Waals surface area contributed by atoms with Crippen molar-refractivity contribution in [1.29, 1.82) is 0 Å². The fourth-order valence-corrected chi connectivity index (χ4v) is 5.22. The van der Waals surface area contributed by atoms with Crippen LogP contribution < -0.4 is 25.6 Å². The average Bonchev–Trinajstić information content (AvgIpc) is 2.93. The minimum atomic E-state index is -0.979. The average molecular weight is 444 g/mol. The number of nitrogens with one attached hydrogen (secondary N) is 3. The van der Waals surface area contributed by atoms with Gasteiger partial charge in [0.25, 0.3) is 17.7 Å². The minimum absolute atomic E-state index is 0.101. The maximum Gasteiger partial charge on any atom is 0.325 e. The zero-order valence-electron chi connectivity index (χ0n) is 18.4. The topological polar surface area (TPSA) is 126 Å². The van der Waals surface area contributed by atoms with E-state index in [1.165, 1.54) is 6.07 Å². The molecule has 1 saturated carbocycles. The molecule has 2 atom stereocenters. The van der Waals surface area contributed by atoms with E-state index in [1.54, 1.807) is 12.1 Å². The van der Waals surface area contributed by atoms with E-state index in [4.69, 9.17) is 9.47 Å². The number of urea groups is 1. The molecule has 4 rings (SSSR count). The minimum Gasteiger partial charge on any atom is -0.486 e. The standard InChI is InChI=1S/C22H28N4O6/c1-13-9-21(2,3)12-22(10-13)19(29)26(20(30)23-22)11-17(27)24-25-18(28)14-4-5-15-16(8-14)32-7-6-31-15/h4-5,8,13H,6-7,9-12H2,1-3H3,(H,23,30)(H,24,27)(H,25,28). The molecule has 3 aliphatic rings. The number of fused-ring (bicyclic) bond motifs is 1. The van der Waals surface area contributed by atoms with Gasteiger partial charge in [-0.05, 0) is 48.8 Å². The van der Waals surface area contributed by atoms with Crippen molar-refractivity contribution in [2.45, 2.75) is 45.6 Å². The highest BCUT2D eigenvalue weighted by Crippen LogP contribution is 2.46. The highest BCUT2D eigenvalue weighted by molar-refractivity contribution is 6.09. The van der Waals surface area contributed by atoms with Crippen LogP contribution in [0, 0.1) is 11.3 Å². The van der Waals surface area contributed by atoms with E-state index >= 15 is 0 Å². The van der Waals surface area contributed by atoms with E-state index in [0.29, 0.717) is 37.6 Å². The molecule has 1 aromatic carbocycles. The molecule has 1 aliphatic carbocycles. The number of amides is 5. The molecule has 10 nitrogen and oxygen atoms in total. The van der Waals surface area contributed by atoms with Crippen LogP contribution in [0.2, 0.25) is 0 Å². The predicted octanol–water partition coefficient (Wildman–Crippen LogP) is 1.36. The first-order valence-corrected chi connectivity index (χ1v) is 10.7. The Morgan fingerprint density at radius 2 is 1.84 bits per heavy atom. The largest absolute Gasteiger partial charge is 0.486 e. The van der Waals surface area contributed by atoms with Gasteiger partial charge in [-0.15, -0.1) is 0 Å². The van der Waals surface area contributed by atoms with Crippen LogP contribution >= 0.6 is 0 Å². The smallest absolute Gasteiger partial charge is 0.325 e. The van der Waals surface area contributed by atoms with Gasteiger partial charge in [0.05, 0.1) is 0 Å². The molecule has 0 aromatic heterocycles. The van der Waals surface area contributed by atoms with Crippen molar-refractivity contribution in [2.75, 3.05) is 19.8 Å². The summed E-state index contributed by atoms with van der Waals surface area (Å²) in [7, 11) is 0. The molecule has 3 N–H and O–H groups in total. The lowest BCUT2D eigenvalue weighted by Crippen LogP contribution is -2.54. The summed E-state index contributed by atoms with van der Waals surface area (Å²) in [6.07, 6.45) is 2.03. The van der Waals surface area contributed by atoms with Crippen LogP contribution in [-0.4, -0.2) is 54.0 Å². The third kappa shape index (κ3) is 4.21. The van der Waals surface area contributed by atoms with Crippen LogP contribution in [0.4, 0.5) is 4.79 Å². The third-order valence-electron chi connectivity index (χ3n) is 6.05. The van der Waals surface area contributed by atoms with E-state index in [0.717, 1.165) is 11.3 Å². The number of nitrogens with zero attached hydrogens (tertiary/aromatic N) is 1. The van der Waals surface area contributed by atoms with Gasteiger partial charge in [0.15, 0.2) is 11.5 Å². The molecular weight excluding hydrogens is 416 g/mol. The summed E-state index contributed by atoms with van der Waals surface area (Å²) in [5, 5.41) is 2.82. The zero-order chi connectivity index (χ0) is 23.1. The van der Waals surface area contributed by atoms with E-state index in [1.807, 2.05) is 0 Å². The van der Waals surface area contributed by atoms with Gasteiger partial charge in [0, 0.05) is 5.56 Å². The van der Waals surface area contributed by atoms with E-state index in [-0.39, 0.29) is 16.9 Å². The Kier molecular flexibility index (Phi) is 5.47. The molecule has 1 saturated heterocycles. The predicted molar refractivity (Wildman–Crippen MR) is 113 cm³/mol. The normalized spacial score (nSPS) is 26.0. The highest BCUT2D eigenvalue weighted by atomic mass is 16.6. The summed E-state index contributed by atoms with van der Waals surface area (Å²) < 4.78 is 10.9. The lowest BCUT2D eigenvalue weighted by molar-refractivity contribution is -0.137. The maximum atomic E-state index is 13.1. The number of rotatable bonds is 3. The fourth-order valence-electron chi connectivity index (χ4n) is 5.22. The number of benzene rings is 1. The molecule has 5 amide bonds. The Bertz CT molecular complexity index is 977. The van der Waals surface area contributed by atoms with Crippen molar-refractivity contribution < 1.29 is 28.7 Å². The van der Waals surface area contributed by atoms with Crippen LogP contribution in [0.1, 0.15) is 50.4 Å². The molecule has 172 valence electrons. The van der Waals surface area contributed by atoms with Crippen molar-refractivity contribution in [2.24, 2.45) is 11.3 Å². The van der Waals surface area contributed by atoms with Gasteiger partial charge in [-0.2, -0.15) is 0 Å². The van der Waals surface area contributed by atoms with Crippen LogP contribution in [0.15, 0.2) is 18.2 Å². The fraction of sp³-hybridized carbons (Fsp3) is 0.545. The van der Waals surface area contributed by atoms with Gasteiger partial charge in [-0.3, -0.25) is 30.1 Å². The first-order valence-electron chi connectivity index (χ1n) is 10.7. The SMILES string of the molecule is CC1CC(C)(C)CC2(C1)NC(=O)N(CC(=O)NNC(=O)c1ccc3c(c1)OCCO3)C2=O. The molecular formula is C22H28N4O6. The molecule has 2 fully saturated rings. The summed E-state index contributed by atoms with van der Waals surface area (Å²) in [5.41, 5.74) is 3.74.